The van der Waals surface area contributed by atoms with Gasteiger partial charge in [-0.15, -0.1) is 0 Å². The number of morpholine rings is 1. The second-order valence-corrected chi connectivity index (χ2v) is 6.55. The van der Waals surface area contributed by atoms with Crippen molar-refractivity contribution in [1.29, 1.82) is 5.26 Å². The van der Waals surface area contributed by atoms with Crippen molar-refractivity contribution in [1.82, 2.24) is 0 Å². The molecule has 1 aromatic rings. The number of nitro groups is 1. The molecule has 1 aromatic carbocycles. The van der Waals surface area contributed by atoms with E-state index in [2.05, 4.69) is 0 Å². The third kappa shape index (κ3) is 3.31. The number of benzene rings is 1. The van der Waals surface area contributed by atoms with E-state index in [9.17, 15) is 10.1 Å². The Morgan fingerprint density at radius 2 is 1.86 bits per heavy atom. The second-order valence-electron chi connectivity index (χ2n) is 6.55. The van der Waals surface area contributed by atoms with E-state index in [1.807, 2.05) is 38.7 Å². The second kappa shape index (κ2) is 5.01. The van der Waals surface area contributed by atoms with Crippen LogP contribution in [0.25, 0.3) is 0 Å². The quantitative estimate of drug-likeness (QED) is 0.618. The van der Waals surface area contributed by atoms with E-state index < -0.39 is 16.1 Å². The van der Waals surface area contributed by atoms with E-state index >= 15 is 0 Å². The molecule has 2 rings (SSSR count). The lowest BCUT2D eigenvalue weighted by molar-refractivity contribution is -0.384. The van der Waals surface area contributed by atoms with Gasteiger partial charge in [-0.05, 0) is 39.8 Å². The van der Waals surface area contributed by atoms with Gasteiger partial charge in [-0.3, -0.25) is 10.1 Å². The summed E-state index contributed by atoms with van der Waals surface area (Å²) < 4.78 is 5.99. The molecule has 0 aliphatic carbocycles. The third-order valence-electron chi connectivity index (χ3n) is 3.34. The molecule has 0 saturated carbocycles. The molecular formula is C15H19N3O3. The largest absolute Gasteiger partial charge is 0.366 e. The fraction of sp³-hybridized carbons (Fsp3) is 0.533. The molecule has 0 radical (unpaired) electrons. The standard InChI is InChI=1S/C15H19N3O3/c1-14(2)9-17(10-15(3,4)21-14)13-7-11(8-16)5-6-12(13)18(19)20/h5-7H,9-10H2,1-4H3. The summed E-state index contributed by atoms with van der Waals surface area (Å²) in [6.45, 7) is 8.90. The fourth-order valence-electron chi connectivity index (χ4n) is 2.96. The number of nitrogens with zero attached hydrogens (tertiary/aromatic N) is 3. The van der Waals surface area contributed by atoms with Gasteiger partial charge in [0.2, 0.25) is 0 Å². The summed E-state index contributed by atoms with van der Waals surface area (Å²) in [6.07, 6.45) is 0. The van der Waals surface area contributed by atoms with Crippen molar-refractivity contribution in [2.24, 2.45) is 0 Å². The molecule has 0 spiro atoms. The van der Waals surface area contributed by atoms with E-state index in [1.165, 1.54) is 12.1 Å². The van der Waals surface area contributed by atoms with Gasteiger partial charge in [0.05, 0.1) is 27.8 Å². The molecule has 112 valence electrons. The van der Waals surface area contributed by atoms with Crippen LogP contribution in [0.2, 0.25) is 0 Å². The van der Waals surface area contributed by atoms with Gasteiger partial charge >= 0.3 is 0 Å². The van der Waals surface area contributed by atoms with E-state index in [0.717, 1.165) is 0 Å². The zero-order valence-electron chi connectivity index (χ0n) is 12.7. The van der Waals surface area contributed by atoms with Gasteiger partial charge in [0, 0.05) is 19.2 Å². The zero-order valence-corrected chi connectivity index (χ0v) is 12.7. The molecule has 0 bridgehead atoms. The van der Waals surface area contributed by atoms with Gasteiger partial charge in [-0.1, -0.05) is 0 Å². The molecule has 6 nitrogen and oxygen atoms in total. The minimum absolute atomic E-state index is 0.0162. The summed E-state index contributed by atoms with van der Waals surface area (Å²) in [4.78, 5) is 12.8. The van der Waals surface area contributed by atoms with Crippen LogP contribution in [0.1, 0.15) is 33.3 Å². The predicted octanol–water partition coefficient (Wildman–Crippen LogP) is 2.86. The molecule has 1 aliphatic rings. The maximum Gasteiger partial charge on any atom is 0.292 e. The van der Waals surface area contributed by atoms with Crippen LogP contribution in [0.3, 0.4) is 0 Å². The molecule has 0 amide bonds. The van der Waals surface area contributed by atoms with Crippen LogP contribution in [0.5, 0.6) is 0 Å². The van der Waals surface area contributed by atoms with Crippen molar-refractivity contribution >= 4 is 11.4 Å². The minimum Gasteiger partial charge on any atom is -0.366 e. The average molecular weight is 289 g/mol. The topological polar surface area (TPSA) is 79.4 Å². The maximum atomic E-state index is 11.3. The molecule has 0 atom stereocenters. The van der Waals surface area contributed by atoms with Crippen LogP contribution >= 0.6 is 0 Å². The Labute approximate surface area is 124 Å². The molecule has 1 fully saturated rings. The van der Waals surface area contributed by atoms with Crippen molar-refractivity contribution < 1.29 is 9.66 Å². The summed E-state index contributed by atoms with van der Waals surface area (Å²) in [5.41, 5.74) is 0.0694. The molecule has 0 N–H and O–H groups in total. The summed E-state index contributed by atoms with van der Waals surface area (Å²) in [5.74, 6) is 0. The smallest absolute Gasteiger partial charge is 0.292 e. The van der Waals surface area contributed by atoms with Gasteiger partial charge < -0.3 is 9.64 Å². The van der Waals surface area contributed by atoms with Crippen LogP contribution in [0, 0.1) is 21.4 Å². The highest BCUT2D eigenvalue weighted by Crippen LogP contribution is 2.36. The first kappa shape index (κ1) is 15.3. The molecule has 0 unspecified atom stereocenters. The Hall–Kier alpha value is -2.13. The van der Waals surface area contributed by atoms with Gasteiger partial charge in [0.25, 0.3) is 5.69 Å². The van der Waals surface area contributed by atoms with E-state index in [4.69, 9.17) is 10.00 Å². The van der Waals surface area contributed by atoms with Crippen LogP contribution < -0.4 is 4.90 Å². The number of ether oxygens (including phenoxy) is 1. The molecular weight excluding hydrogens is 270 g/mol. The zero-order chi connectivity index (χ0) is 15.8. The Bertz CT molecular complexity index is 601. The van der Waals surface area contributed by atoms with Crippen molar-refractivity contribution in [3.63, 3.8) is 0 Å². The number of nitriles is 1. The first-order valence-corrected chi connectivity index (χ1v) is 6.77. The third-order valence-corrected chi connectivity index (χ3v) is 3.34. The van der Waals surface area contributed by atoms with Crippen molar-refractivity contribution in [2.75, 3.05) is 18.0 Å². The Morgan fingerprint density at radius 3 is 2.33 bits per heavy atom. The SMILES string of the molecule is CC1(C)CN(c2cc(C#N)ccc2[N+](=O)[O-])CC(C)(C)O1. The fourth-order valence-corrected chi connectivity index (χ4v) is 2.96. The number of hydrogen-bond acceptors (Lipinski definition) is 5. The Morgan fingerprint density at radius 1 is 1.29 bits per heavy atom. The van der Waals surface area contributed by atoms with Crippen LogP contribution in [-0.4, -0.2) is 29.2 Å². The molecule has 1 saturated heterocycles. The van der Waals surface area contributed by atoms with Crippen LogP contribution in [-0.2, 0) is 4.74 Å². The van der Waals surface area contributed by atoms with Gasteiger partial charge in [0.15, 0.2) is 0 Å². The molecule has 21 heavy (non-hydrogen) atoms. The monoisotopic (exact) mass is 289 g/mol. The number of nitro benzene ring substituents is 1. The number of hydrogen-bond donors (Lipinski definition) is 0. The first-order chi connectivity index (χ1) is 9.63. The lowest BCUT2D eigenvalue weighted by Gasteiger charge is -2.47. The summed E-state index contributed by atoms with van der Waals surface area (Å²) in [6, 6.07) is 6.48. The van der Waals surface area contributed by atoms with Gasteiger partial charge in [-0.2, -0.15) is 5.26 Å². The Balaban J connectivity index is 2.49. The molecule has 0 aromatic heterocycles. The number of rotatable bonds is 2. The van der Waals surface area contributed by atoms with E-state index in [1.54, 1.807) is 6.07 Å². The predicted molar refractivity (Wildman–Crippen MR) is 79.3 cm³/mol. The van der Waals surface area contributed by atoms with E-state index in [0.29, 0.717) is 24.3 Å². The Kier molecular flexibility index (Phi) is 3.64. The highest BCUT2D eigenvalue weighted by Gasteiger charge is 2.39. The summed E-state index contributed by atoms with van der Waals surface area (Å²) in [7, 11) is 0. The summed E-state index contributed by atoms with van der Waals surface area (Å²) in [5, 5.41) is 20.3. The average Bonchev–Trinajstić information content (AvgIpc) is 2.34. The van der Waals surface area contributed by atoms with E-state index in [-0.39, 0.29) is 5.69 Å². The molecule has 1 aliphatic heterocycles. The highest BCUT2D eigenvalue weighted by atomic mass is 16.6. The lowest BCUT2D eigenvalue weighted by atomic mass is 9.97. The lowest BCUT2D eigenvalue weighted by Crippen LogP contribution is -2.57. The molecule has 1 heterocycles. The first-order valence-electron chi connectivity index (χ1n) is 6.77. The number of anilines is 1. The van der Waals surface area contributed by atoms with Gasteiger partial charge in [0.1, 0.15) is 5.69 Å². The molecule has 6 heteroatoms. The summed E-state index contributed by atoms with van der Waals surface area (Å²) >= 11 is 0. The van der Waals surface area contributed by atoms with Gasteiger partial charge in [-0.25, -0.2) is 0 Å². The maximum absolute atomic E-state index is 11.3. The van der Waals surface area contributed by atoms with Crippen molar-refractivity contribution in [3.8, 4) is 6.07 Å². The minimum atomic E-state index is -0.418. The highest BCUT2D eigenvalue weighted by molar-refractivity contribution is 5.66. The van der Waals surface area contributed by atoms with Crippen LogP contribution in [0.15, 0.2) is 18.2 Å². The van der Waals surface area contributed by atoms with Crippen molar-refractivity contribution in [3.05, 3.63) is 33.9 Å². The normalized spacial score (nSPS) is 19.9. The van der Waals surface area contributed by atoms with Crippen molar-refractivity contribution in [2.45, 2.75) is 38.9 Å². The van der Waals surface area contributed by atoms with Crippen LogP contribution in [0.4, 0.5) is 11.4 Å².